The summed E-state index contributed by atoms with van der Waals surface area (Å²) in [4.78, 5) is 21.1. The van der Waals surface area contributed by atoms with Crippen molar-refractivity contribution >= 4 is 11.6 Å². The van der Waals surface area contributed by atoms with E-state index in [4.69, 9.17) is 5.11 Å². The lowest BCUT2D eigenvalue weighted by Gasteiger charge is -2.06. The maximum absolute atomic E-state index is 11.0. The second-order valence-corrected chi connectivity index (χ2v) is 3.64. The summed E-state index contributed by atoms with van der Waals surface area (Å²) >= 11 is 0. The number of rotatable bonds is 5. The second kappa shape index (κ2) is 5.95. The zero-order valence-electron chi connectivity index (χ0n) is 9.42. The number of non-ortho nitro benzene ring substituents is 1. The predicted molar refractivity (Wildman–Crippen MR) is 61.5 cm³/mol. The molecule has 0 radical (unpaired) electrons. The van der Waals surface area contributed by atoms with Crippen LogP contribution in [0, 0.1) is 10.1 Å². The third kappa shape index (κ3) is 4.20. The number of hydrogen-bond donors (Lipinski definition) is 2. The van der Waals surface area contributed by atoms with Crippen LogP contribution in [0.4, 0.5) is 5.69 Å². The number of aliphatic hydroxyl groups excluding tert-OH is 1. The fraction of sp³-hybridized carbons (Fsp3) is 0.364. The smallest absolute Gasteiger partial charge is 0.269 e. The Morgan fingerprint density at radius 3 is 2.88 bits per heavy atom. The highest BCUT2D eigenvalue weighted by Crippen LogP contribution is 2.13. The van der Waals surface area contributed by atoms with Crippen LogP contribution in [-0.4, -0.2) is 28.6 Å². The van der Waals surface area contributed by atoms with Crippen LogP contribution in [0.3, 0.4) is 0 Å². The van der Waals surface area contributed by atoms with E-state index in [0.29, 0.717) is 13.0 Å². The molecule has 6 nitrogen and oxygen atoms in total. The van der Waals surface area contributed by atoms with Crippen LogP contribution in [-0.2, 0) is 11.2 Å². The number of nitrogens with zero attached hydrogens (tertiary/aromatic N) is 1. The van der Waals surface area contributed by atoms with Gasteiger partial charge in [-0.3, -0.25) is 14.9 Å². The maximum Gasteiger partial charge on any atom is 0.269 e. The number of benzene rings is 1. The Bertz CT molecular complexity index is 418. The molecular formula is C11H14N2O4. The summed E-state index contributed by atoms with van der Waals surface area (Å²) in [6.07, 6.45) is -0.555. The Labute approximate surface area is 98.4 Å². The molecule has 0 unspecified atom stereocenters. The standard InChI is InChI=1S/C11H14N2O4/c1-8(14)11(15)12-6-5-9-3-2-4-10(7-9)13(16)17/h2-4,7-8,14H,5-6H2,1H3,(H,12,15)/t8-/m0/s1. The molecule has 17 heavy (non-hydrogen) atoms. The van der Waals surface area contributed by atoms with Gasteiger partial charge in [0, 0.05) is 18.7 Å². The van der Waals surface area contributed by atoms with Crippen LogP contribution < -0.4 is 5.32 Å². The molecular weight excluding hydrogens is 224 g/mol. The van der Waals surface area contributed by atoms with Crippen LogP contribution in [0.1, 0.15) is 12.5 Å². The number of nitro benzene ring substituents is 1. The molecule has 0 saturated heterocycles. The summed E-state index contributed by atoms with van der Waals surface area (Å²) < 4.78 is 0. The number of carbonyl (C=O) groups excluding carboxylic acids is 1. The van der Waals surface area contributed by atoms with Crippen LogP contribution in [0.5, 0.6) is 0 Å². The minimum absolute atomic E-state index is 0.0318. The molecule has 0 fully saturated rings. The van der Waals surface area contributed by atoms with E-state index >= 15 is 0 Å². The summed E-state index contributed by atoms with van der Waals surface area (Å²) in [6, 6.07) is 6.23. The molecule has 6 heteroatoms. The lowest BCUT2D eigenvalue weighted by atomic mass is 10.1. The Morgan fingerprint density at radius 2 is 2.29 bits per heavy atom. The van der Waals surface area contributed by atoms with Crippen molar-refractivity contribution in [2.24, 2.45) is 0 Å². The van der Waals surface area contributed by atoms with Gasteiger partial charge < -0.3 is 10.4 Å². The highest BCUT2D eigenvalue weighted by molar-refractivity contribution is 5.79. The van der Waals surface area contributed by atoms with Crippen molar-refractivity contribution in [2.45, 2.75) is 19.4 Å². The Balaban J connectivity index is 2.50. The largest absolute Gasteiger partial charge is 0.384 e. The van der Waals surface area contributed by atoms with Gasteiger partial charge in [0.15, 0.2) is 0 Å². The van der Waals surface area contributed by atoms with E-state index in [1.807, 2.05) is 0 Å². The van der Waals surface area contributed by atoms with Gasteiger partial charge in [-0.25, -0.2) is 0 Å². The first-order valence-electron chi connectivity index (χ1n) is 5.20. The minimum atomic E-state index is -1.04. The average Bonchev–Trinajstić information content (AvgIpc) is 2.29. The second-order valence-electron chi connectivity index (χ2n) is 3.64. The summed E-state index contributed by atoms with van der Waals surface area (Å²) in [7, 11) is 0. The van der Waals surface area contributed by atoms with E-state index in [-0.39, 0.29) is 5.69 Å². The van der Waals surface area contributed by atoms with Gasteiger partial charge in [-0.05, 0) is 18.9 Å². The molecule has 0 heterocycles. The molecule has 92 valence electrons. The first-order chi connectivity index (χ1) is 8.00. The molecule has 0 aliphatic heterocycles. The van der Waals surface area contributed by atoms with Gasteiger partial charge in [-0.15, -0.1) is 0 Å². The van der Waals surface area contributed by atoms with Crippen molar-refractivity contribution in [3.05, 3.63) is 39.9 Å². The van der Waals surface area contributed by atoms with E-state index in [9.17, 15) is 14.9 Å². The van der Waals surface area contributed by atoms with Crippen LogP contribution in [0.25, 0.3) is 0 Å². The number of nitro groups is 1. The lowest BCUT2D eigenvalue weighted by Crippen LogP contribution is -2.33. The lowest BCUT2D eigenvalue weighted by molar-refractivity contribution is -0.384. The van der Waals surface area contributed by atoms with E-state index in [1.54, 1.807) is 12.1 Å². The number of amides is 1. The molecule has 1 aromatic carbocycles. The summed E-state index contributed by atoms with van der Waals surface area (Å²) in [6.45, 7) is 1.72. The zero-order chi connectivity index (χ0) is 12.8. The highest BCUT2D eigenvalue weighted by Gasteiger charge is 2.08. The van der Waals surface area contributed by atoms with Crippen LogP contribution >= 0.6 is 0 Å². The van der Waals surface area contributed by atoms with Crippen molar-refractivity contribution in [2.75, 3.05) is 6.54 Å². The van der Waals surface area contributed by atoms with Gasteiger partial charge in [-0.2, -0.15) is 0 Å². The van der Waals surface area contributed by atoms with Gasteiger partial charge in [-0.1, -0.05) is 12.1 Å². The summed E-state index contributed by atoms with van der Waals surface area (Å²) in [5, 5.41) is 22.0. The van der Waals surface area contributed by atoms with E-state index in [1.165, 1.54) is 19.1 Å². The van der Waals surface area contributed by atoms with E-state index in [0.717, 1.165) is 5.56 Å². The van der Waals surface area contributed by atoms with Crippen molar-refractivity contribution in [3.63, 3.8) is 0 Å². The van der Waals surface area contributed by atoms with Gasteiger partial charge >= 0.3 is 0 Å². The van der Waals surface area contributed by atoms with Gasteiger partial charge in [0.2, 0.25) is 5.91 Å². The first kappa shape index (κ1) is 13.1. The summed E-state index contributed by atoms with van der Waals surface area (Å²) in [5.74, 6) is -0.449. The number of hydrogen-bond acceptors (Lipinski definition) is 4. The fourth-order valence-electron chi connectivity index (χ4n) is 1.30. The van der Waals surface area contributed by atoms with Crippen molar-refractivity contribution < 1.29 is 14.8 Å². The third-order valence-electron chi connectivity index (χ3n) is 2.21. The zero-order valence-corrected chi connectivity index (χ0v) is 9.42. The number of carbonyl (C=O) groups is 1. The van der Waals surface area contributed by atoms with E-state index in [2.05, 4.69) is 5.32 Å². The van der Waals surface area contributed by atoms with Crippen LogP contribution in [0.2, 0.25) is 0 Å². The van der Waals surface area contributed by atoms with Crippen molar-refractivity contribution in [1.82, 2.24) is 5.32 Å². The topological polar surface area (TPSA) is 92.5 Å². The van der Waals surface area contributed by atoms with Crippen molar-refractivity contribution in [1.29, 1.82) is 0 Å². The Kier molecular flexibility index (Phi) is 4.59. The minimum Gasteiger partial charge on any atom is -0.384 e. The molecule has 1 aromatic rings. The monoisotopic (exact) mass is 238 g/mol. The maximum atomic E-state index is 11.0. The molecule has 0 saturated carbocycles. The Hall–Kier alpha value is -1.95. The number of nitrogens with one attached hydrogen (secondary N) is 1. The first-order valence-corrected chi connectivity index (χ1v) is 5.20. The molecule has 0 bridgehead atoms. The predicted octanol–water partition coefficient (Wildman–Crippen LogP) is 0.634. The Morgan fingerprint density at radius 1 is 1.59 bits per heavy atom. The van der Waals surface area contributed by atoms with Crippen molar-refractivity contribution in [3.8, 4) is 0 Å². The number of aliphatic hydroxyl groups is 1. The normalized spacial score (nSPS) is 11.9. The molecule has 0 aliphatic rings. The summed E-state index contributed by atoms with van der Waals surface area (Å²) in [5.41, 5.74) is 0.800. The van der Waals surface area contributed by atoms with Gasteiger partial charge in [0.05, 0.1) is 4.92 Å². The average molecular weight is 238 g/mol. The van der Waals surface area contributed by atoms with Crippen LogP contribution in [0.15, 0.2) is 24.3 Å². The molecule has 0 aliphatic carbocycles. The molecule has 1 rings (SSSR count). The quantitative estimate of drug-likeness (QED) is 0.581. The van der Waals surface area contributed by atoms with Gasteiger partial charge in [0.1, 0.15) is 6.10 Å². The molecule has 1 amide bonds. The molecule has 0 spiro atoms. The molecule has 1 atom stereocenters. The third-order valence-corrected chi connectivity index (χ3v) is 2.21. The molecule has 2 N–H and O–H groups in total. The highest BCUT2D eigenvalue weighted by atomic mass is 16.6. The van der Waals surface area contributed by atoms with Gasteiger partial charge in [0.25, 0.3) is 5.69 Å². The molecule has 0 aromatic heterocycles. The SMILES string of the molecule is C[C@H](O)C(=O)NCCc1cccc([N+](=O)[O-])c1. The van der Waals surface area contributed by atoms with E-state index < -0.39 is 16.9 Å². The fourth-order valence-corrected chi connectivity index (χ4v) is 1.30.